The smallest absolute Gasteiger partial charge is 0.335 e. The van der Waals surface area contributed by atoms with Crippen LogP contribution in [0.3, 0.4) is 0 Å². The van der Waals surface area contributed by atoms with Crippen LogP contribution in [-0.2, 0) is 23.7 Å². The molecule has 0 aromatic heterocycles. The van der Waals surface area contributed by atoms with Gasteiger partial charge in [0.1, 0.15) is 18.3 Å². The third-order valence-corrected chi connectivity index (χ3v) is 2.63. The molecule has 0 aromatic rings. The molecule has 1 saturated heterocycles. The van der Waals surface area contributed by atoms with Crippen molar-refractivity contribution in [1.82, 2.24) is 0 Å². The van der Waals surface area contributed by atoms with Gasteiger partial charge in [-0.2, -0.15) is 0 Å². The Kier molecular flexibility index (Phi) is 5.29. The number of carboxylic acids is 1. The average molecular weight is 250 g/mol. The van der Waals surface area contributed by atoms with Gasteiger partial charge < -0.3 is 29.2 Å². The summed E-state index contributed by atoms with van der Waals surface area (Å²) in [4.78, 5) is 11.0. The van der Waals surface area contributed by atoms with Gasteiger partial charge in [0, 0.05) is 20.8 Å². The number of aliphatic carboxylic acids is 1. The summed E-state index contributed by atoms with van der Waals surface area (Å²) in [5.74, 6) is -1.21. The van der Waals surface area contributed by atoms with E-state index in [1.54, 1.807) is 6.92 Å². The molecule has 0 radical (unpaired) electrons. The minimum Gasteiger partial charge on any atom is -0.479 e. The average Bonchev–Trinajstić information content (AvgIpc) is 2.31. The summed E-state index contributed by atoms with van der Waals surface area (Å²) in [6.07, 6.45) is -5.10. The zero-order valence-electron chi connectivity index (χ0n) is 10.0. The molecule has 1 aliphatic heterocycles. The van der Waals surface area contributed by atoms with Crippen LogP contribution in [0, 0.1) is 0 Å². The van der Waals surface area contributed by atoms with Crippen LogP contribution >= 0.6 is 0 Å². The number of ether oxygens (including phenoxy) is 4. The summed E-state index contributed by atoms with van der Waals surface area (Å²) < 4.78 is 20.4. The van der Waals surface area contributed by atoms with E-state index >= 15 is 0 Å². The first-order valence-electron chi connectivity index (χ1n) is 5.30. The van der Waals surface area contributed by atoms with Gasteiger partial charge in [-0.1, -0.05) is 0 Å². The first-order valence-corrected chi connectivity index (χ1v) is 5.30. The van der Waals surface area contributed by atoms with Crippen LogP contribution in [0.4, 0.5) is 0 Å². The third kappa shape index (κ3) is 2.93. The number of aliphatic hydroxyl groups excluding tert-OH is 1. The van der Waals surface area contributed by atoms with Gasteiger partial charge in [0.05, 0.1) is 0 Å². The Balaban J connectivity index is 2.87. The van der Waals surface area contributed by atoms with Crippen LogP contribution in [0.25, 0.3) is 0 Å². The summed E-state index contributed by atoms with van der Waals surface area (Å²) >= 11 is 0. The van der Waals surface area contributed by atoms with E-state index in [0.717, 1.165) is 0 Å². The van der Waals surface area contributed by atoms with Gasteiger partial charge in [0.25, 0.3) is 0 Å². The number of carbonyl (C=O) groups is 1. The predicted molar refractivity (Wildman–Crippen MR) is 55.5 cm³/mol. The standard InChI is InChI=1S/C10H18O7/c1-4-16-7-5(11)6(14-2)8(9(12)13)17-10(7)15-3/h5-8,10-11H,4H2,1-3H3,(H,12,13). The second-order valence-electron chi connectivity index (χ2n) is 3.61. The van der Waals surface area contributed by atoms with Crippen molar-refractivity contribution in [1.29, 1.82) is 0 Å². The monoisotopic (exact) mass is 250 g/mol. The number of rotatable bonds is 5. The zero-order chi connectivity index (χ0) is 13.0. The highest BCUT2D eigenvalue weighted by Gasteiger charge is 2.49. The lowest BCUT2D eigenvalue weighted by molar-refractivity contribution is -0.299. The van der Waals surface area contributed by atoms with E-state index < -0.39 is 36.7 Å². The Morgan fingerprint density at radius 2 is 1.94 bits per heavy atom. The molecule has 1 heterocycles. The minimum atomic E-state index is -1.28. The van der Waals surface area contributed by atoms with Gasteiger partial charge in [-0.25, -0.2) is 4.79 Å². The molecular weight excluding hydrogens is 232 g/mol. The van der Waals surface area contributed by atoms with Crippen molar-refractivity contribution in [3.05, 3.63) is 0 Å². The summed E-state index contributed by atoms with van der Waals surface area (Å²) in [7, 11) is 2.67. The largest absolute Gasteiger partial charge is 0.479 e. The molecule has 100 valence electrons. The third-order valence-electron chi connectivity index (χ3n) is 2.63. The van der Waals surface area contributed by atoms with Gasteiger partial charge in [0.15, 0.2) is 12.4 Å². The summed E-state index contributed by atoms with van der Waals surface area (Å²) in [5, 5.41) is 19.0. The fraction of sp³-hybridized carbons (Fsp3) is 0.900. The van der Waals surface area contributed by atoms with Crippen molar-refractivity contribution in [2.24, 2.45) is 0 Å². The first-order chi connectivity index (χ1) is 8.06. The molecule has 0 saturated carbocycles. The lowest BCUT2D eigenvalue weighted by Crippen LogP contribution is -2.61. The Bertz CT molecular complexity index is 257. The quantitative estimate of drug-likeness (QED) is 0.661. The number of carboxylic acid groups (broad SMARTS) is 1. The normalized spacial score (nSPS) is 38.0. The second kappa shape index (κ2) is 6.27. The molecule has 5 atom stereocenters. The fourth-order valence-corrected chi connectivity index (χ4v) is 1.85. The Morgan fingerprint density at radius 1 is 1.29 bits per heavy atom. The molecule has 0 bridgehead atoms. The topological polar surface area (TPSA) is 94.5 Å². The van der Waals surface area contributed by atoms with E-state index in [1.165, 1.54) is 14.2 Å². The van der Waals surface area contributed by atoms with Crippen molar-refractivity contribution in [3.8, 4) is 0 Å². The summed E-state index contributed by atoms with van der Waals surface area (Å²) in [5.41, 5.74) is 0. The Morgan fingerprint density at radius 3 is 2.35 bits per heavy atom. The second-order valence-corrected chi connectivity index (χ2v) is 3.61. The molecule has 0 spiro atoms. The van der Waals surface area contributed by atoms with Crippen molar-refractivity contribution >= 4 is 5.97 Å². The molecule has 2 N–H and O–H groups in total. The van der Waals surface area contributed by atoms with Crippen LogP contribution in [0.15, 0.2) is 0 Å². The molecule has 1 aliphatic rings. The van der Waals surface area contributed by atoms with Gasteiger partial charge in [0.2, 0.25) is 0 Å². The molecule has 1 fully saturated rings. The summed E-state index contributed by atoms with van der Waals surface area (Å²) in [6, 6.07) is 0. The maximum Gasteiger partial charge on any atom is 0.335 e. The van der Waals surface area contributed by atoms with Crippen molar-refractivity contribution in [2.75, 3.05) is 20.8 Å². The van der Waals surface area contributed by atoms with Crippen LogP contribution in [0.2, 0.25) is 0 Å². The molecule has 7 heteroatoms. The van der Waals surface area contributed by atoms with E-state index in [1.807, 2.05) is 0 Å². The minimum absolute atomic E-state index is 0.346. The van der Waals surface area contributed by atoms with Gasteiger partial charge in [-0.3, -0.25) is 0 Å². The van der Waals surface area contributed by atoms with Gasteiger partial charge in [-0.05, 0) is 6.92 Å². The fourth-order valence-electron chi connectivity index (χ4n) is 1.85. The van der Waals surface area contributed by atoms with Gasteiger partial charge >= 0.3 is 5.97 Å². The lowest BCUT2D eigenvalue weighted by Gasteiger charge is -2.41. The highest BCUT2D eigenvalue weighted by Crippen LogP contribution is 2.26. The first kappa shape index (κ1) is 14.3. The van der Waals surface area contributed by atoms with E-state index in [9.17, 15) is 9.90 Å². The maximum absolute atomic E-state index is 11.0. The molecule has 5 unspecified atom stereocenters. The highest BCUT2D eigenvalue weighted by atomic mass is 16.7. The van der Waals surface area contributed by atoms with E-state index in [4.69, 9.17) is 24.1 Å². The van der Waals surface area contributed by atoms with Crippen molar-refractivity contribution < 1.29 is 34.0 Å². The van der Waals surface area contributed by atoms with E-state index in [0.29, 0.717) is 6.61 Å². The number of methoxy groups -OCH3 is 2. The summed E-state index contributed by atoms with van der Waals surface area (Å²) in [6.45, 7) is 2.10. The Labute approximate surface area is 99.2 Å². The molecule has 17 heavy (non-hydrogen) atoms. The Hall–Kier alpha value is -0.730. The van der Waals surface area contributed by atoms with Crippen LogP contribution in [-0.4, -0.2) is 67.7 Å². The SMILES string of the molecule is CCOC1C(OC)OC(C(=O)O)C(OC)C1O. The molecule has 1 rings (SSSR count). The number of aliphatic hydroxyl groups is 1. The van der Waals surface area contributed by atoms with Crippen LogP contribution in [0.5, 0.6) is 0 Å². The highest BCUT2D eigenvalue weighted by molar-refractivity contribution is 5.73. The van der Waals surface area contributed by atoms with Crippen molar-refractivity contribution in [3.63, 3.8) is 0 Å². The van der Waals surface area contributed by atoms with Gasteiger partial charge in [-0.15, -0.1) is 0 Å². The maximum atomic E-state index is 11.0. The van der Waals surface area contributed by atoms with E-state index in [-0.39, 0.29) is 0 Å². The molecule has 0 amide bonds. The molecule has 0 aliphatic carbocycles. The van der Waals surface area contributed by atoms with Crippen molar-refractivity contribution in [2.45, 2.75) is 37.6 Å². The number of hydrogen-bond acceptors (Lipinski definition) is 6. The van der Waals surface area contributed by atoms with E-state index in [2.05, 4.69) is 0 Å². The molecule has 7 nitrogen and oxygen atoms in total. The molecular formula is C10H18O7. The van der Waals surface area contributed by atoms with Crippen LogP contribution in [0.1, 0.15) is 6.92 Å². The predicted octanol–water partition coefficient (Wildman–Crippen LogP) is -0.777. The lowest BCUT2D eigenvalue weighted by atomic mass is 9.98. The zero-order valence-corrected chi connectivity index (χ0v) is 10.0. The number of hydrogen-bond donors (Lipinski definition) is 2. The molecule has 0 aromatic carbocycles. The van der Waals surface area contributed by atoms with Crippen LogP contribution < -0.4 is 0 Å².